The predicted molar refractivity (Wildman–Crippen MR) is 107 cm³/mol. The quantitative estimate of drug-likeness (QED) is 0.665. The molecule has 0 spiro atoms. The molecule has 2 aromatic carbocycles. The smallest absolute Gasteiger partial charge is 0.258 e. The van der Waals surface area contributed by atoms with Crippen molar-refractivity contribution in [3.8, 4) is 5.75 Å². The molecule has 2 N–H and O–H groups in total. The zero-order valence-corrected chi connectivity index (χ0v) is 16.0. The van der Waals surface area contributed by atoms with E-state index in [1.54, 1.807) is 13.2 Å². The fourth-order valence-corrected chi connectivity index (χ4v) is 2.55. The van der Waals surface area contributed by atoms with Gasteiger partial charge in [-0.2, -0.15) is 0 Å². The average molecular weight is 383 g/mol. The van der Waals surface area contributed by atoms with Crippen molar-refractivity contribution in [2.45, 2.75) is 13.8 Å². The number of methoxy groups -OCH3 is 1. The molecule has 0 unspecified atom stereocenters. The van der Waals surface area contributed by atoms with Crippen molar-refractivity contribution in [1.82, 2.24) is 9.97 Å². The molecule has 1 aromatic heterocycles. The molecule has 0 saturated carbocycles. The van der Waals surface area contributed by atoms with E-state index in [-0.39, 0.29) is 5.91 Å². The first kappa shape index (κ1) is 18.7. The molecule has 6 nitrogen and oxygen atoms in total. The number of nitrogens with zero attached hydrogens (tertiary/aromatic N) is 2. The SMILES string of the molecule is COc1cc(Cl)c(C)cc1Nc1ncc(C(=O)Nc2ccc(C)cc2)cn1. The van der Waals surface area contributed by atoms with Crippen LogP contribution >= 0.6 is 11.6 Å². The van der Waals surface area contributed by atoms with Gasteiger partial charge in [0, 0.05) is 29.2 Å². The molecule has 1 heterocycles. The van der Waals surface area contributed by atoms with Gasteiger partial charge in [-0.25, -0.2) is 9.97 Å². The lowest BCUT2D eigenvalue weighted by atomic mass is 10.2. The number of amides is 1. The van der Waals surface area contributed by atoms with Gasteiger partial charge in [-0.1, -0.05) is 29.3 Å². The summed E-state index contributed by atoms with van der Waals surface area (Å²) in [5.74, 6) is 0.655. The van der Waals surface area contributed by atoms with Gasteiger partial charge < -0.3 is 15.4 Å². The van der Waals surface area contributed by atoms with Crippen LogP contribution in [0.1, 0.15) is 21.5 Å². The number of carbonyl (C=O) groups excluding carboxylic acids is 1. The van der Waals surface area contributed by atoms with Crippen LogP contribution in [0.2, 0.25) is 5.02 Å². The third-order valence-electron chi connectivity index (χ3n) is 3.95. The number of hydrogen-bond donors (Lipinski definition) is 2. The zero-order chi connectivity index (χ0) is 19.4. The second-order valence-electron chi connectivity index (χ2n) is 6.04. The maximum atomic E-state index is 12.3. The van der Waals surface area contributed by atoms with Crippen molar-refractivity contribution in [3.05, 3.63) is 70.5 Å². The summed E-state index contributed by atoms with van der Waals surface area (Å²) in [5, 5.41) is 6.50. The second kappa shape index (κ2) is 8.05. The highest BCUT2D eigenvalue weighted by atomic mass is 35.5. The maximum Gasteiger partial charge on any atom is 0.258 e. The third-order valence-corrected chi connectivity index (χ3v) is 4.36. The van der Waals surface area contributed by atoms with Crippen molar-refractivity contribution in [1.29, 1.82) is 0 Å². The summed E-state index contributed by atoms with van der Waals surface area (Å²) in [4.78, 5) is 20.7. The molecule has 3 rings (SSSR count). The Hall–Kier alpha value is -3.12. The van der Waals surface area contributed by atoms with E-state index in [4.69, 9.17) is 16.3 Å². The van der Waals surface area contributed by atoms with Crippen LogP contribution in [0.4, 0.5) is 17.3 Å². The highest BCUT2D eigenvalue weighted by molar-refractivity contribution is 6.31. The van der Waals surface area contributed by atoms with Gasteiger partial charge in [0.1, 0.15) is 5.75 Å². The molecule has 1 amide bonds. The van der Waals surface area contributed by atoms with Gasteiger partial charge in [-0.15, -0.1) is 0 Å². The molecular formula is C20H19ClN4O2. The van der Waals surface area contributed by atoms with Crippen LogP contribution in [0.15, 0.2) is 48.8 Å². The lowest BCUT2D eigenvalue weighted by Gasteiger charge is -2.12. The first-order valence-corrected chi connectivity index (χ1v) is 8.65. The Morgan fingerprint density at radius 3 is 2.37 bits per heavy atom. The topological polar surface area (TPSA) is 76.1 Å². The Bertz CT molecular complexity index is 957. The monoisotopic (exact) mass is 382 g/mol. The van der Waals surface area contributed by atoms with Gasteiger partial charge in [-0.05, 0) is 37.6 Å². The van der Waals surface area contributed by atoms with E-state index < -0.39 is 0 Å². The second-order valence-corrected chi connectivity index (χ2v) is 6.45. The molecule has 0 bridgehead atoms. The summed E-state index contributed by atoms with van der Waals surface area (Å²) >= 11 is 6.11. The summed E-state index contributed by atoms with van der Waals surface area (Å²) in [6.07, 6.45) is 2.93. The van der Waals surface area contributed by atoms with E-state index in [1.807, 2.05) is 44.2 Å². The number of rotatable bonds is 5. The van der Waals surface area contributed by atoms with Crippen molar-refractivity contribution in [3.63, 3.8) is 0 Å². The van der Waals surface area contributed by atoms with Gasteiger partial charge in [-0.3, -0.25) is 4.79 Å². The molecule has 3 aromatic rings. The van der Waals surface area contributed by atoms with Gasteiger partial charge in [0.15, 0.2) is 0 Å². The molecule has 0 atom stereocenters. The molecule has 0 aliphatic rings. The minimum absolute atomic E-state index is 0.273. The number of halogens is 1. The van der Waals surface area contributed by atoms with E-state index in [1.165, 1.54) is 12.4 Å². The highest BCUT2D eigenvalue weighted by Gasteiger charge is 2.11. The van der Waals surface area contributed by atoms with Crippen LogP contribution in [0.25, 0.3) is 0 Å². The summed E-state index contributed by atoms with van der Waals surface area (Å²) in [7, 11) is 1.56. The van der Waals surface area contributed by atoms with E-state index >= 15 is 0 Å². The van der Waals surface area contributed by atoms with E-state index in [0.717, 1.165) is 11.1 Å². The molecular weight excluding hydrogens is 364 g/mol. The first-order chi connectivity index (χ1) is 13.0. The van der Waals surface area contributed by atoms with Gasteiger partial charge in [0.2, 0.25) is 5.95 Å². The molecule has 0 fully saturated rings. The number of anilines is 3. The number of ether oxygens (including phenoxy) is 1. The summed E-state index contributed by atoms with van der Waals surface area (Å²) in [6, 6.07) is 11.1. The molecule has 27 heavy (non-hydrogen) atoms. The number of nitrogens with one attached hydrogen (secondary N) is 2. The minimum atomic E-state index is -0.273. The standard InChI is InChI=1S/C20H19ClN4O2/c1-12-4-6-15(7-5-12)24-19(26)14-10-22-20(23-11-14)25-17-8-13(2)16(21)9-18(17)27-3/h4-11H,1-3H3,(H,24,26)(H,22,23,25). The van der Waals surface area contributed by atoms with Crippen molar-refractivity contribution in [2.24, 2.45) is 0 Å². The highest BCUT2D eigenvalue weighted by Crippen LogP contribution is 2.32. The molecule has 0 radical (unpaired) electrons. The van der Waals surface area contributed by atoms with Crippen LogP contribution in [-0.4, -0.2) is 23.0 Å². The fraction of sp³-hybridized carbons (Fsp3) is 0.150. The minimum Gasteiger partial charge on any atom is -0.495 e. The van der Waals surface area contributed by atoms with E-state index in [0.29, 0.717) is 33.7 Å². The Morgan fingerprint density at radius 2 is 1.74 bits per heavy atom. The summed E-state index contributed by atoms with van der Waals surface area (Å²) < 4.78 is 5.32. The van der Waals surface area contributed by atoms with Crippen LogP contribution in [-0.2, 0) is 0 Å². The lowest BCUT2D eigenvalue weighted by Crippen LogP contribution is -2.13. The summed E-state index contributed by atoms with van der Waals surface area (Å²) in [6.45, 7) is 3.88. The van der Waals surface area contributed by atoms with Gasteiger partial charge in [0.25, 0.3) is 5.91 Å². The molecule has 0 aliphatic carbocycles. The number of hydrogen-bond acceptors (Lipinski definition) is 5. The van der Waals surface area contributed by atoms with Gasteiger partial charge in [0.05, 0.1) is 18.4 Å². The predicted octanol–water partition coefficient (Wildman–Crippen LogP) is 4.75. The van der Waals surface area contributed by atoms with Crippen LogP contribution in [0, 0.1) is 13.8 Å². The Balaban J connectivity index is 1.73. The van der Waals surface area contributed by atoms with Crippen LogP contribution in [0.5, 0.6) is 5.75 Å². The number of benzene rings is 2. The number of carbonyl (C=O) groups is 1. The number of aryl methyl sites for hydroxylation is 2. The normalized spacial score (nSPS) is 10.4. The van der Waals surface area contributed by atoms with Gasteiger partial charge >= 0.3 is 0 Å². The molecule has 7 heteroatoms. The Kier molecular flexibility index (Phi) is 5.57. The summed E-state index contributed by atoms with van der Waals surface area (Å²) in [5.41, 5.74) is 3.79. The zero-order valence-electron chi connectivity index (χ0n) is 15.2. The molecule has 0 saturated heterocycles. The Labute approximate surface area is 162 Å². The first-order valence-electron chi connectivity index (χ1n) is 8.27. The van der Waals surface area contributed by atoms with Crippen molar-refractivity contribution in [2.75, 3.05) is 17.7 Å². The fourth-order valence-electron chi connectivity index (χ4n) is 2.40. The van der Waals surface area contributed by atoms with E-state index in [2.05, 4.69) is 20.6 Å². The number of aromatic nitrogens is 2. The maximum absolute atomic E-state index is 12.3. The van der Waals surface area contributed by atoms with E-state index in [9.17, 15) is 4.79 Å². The average Bonchev–Trinajstić information content (AvgIpc) is 2.67. The molecule has 138 valence electrons. The van der Waals surface area contributed by atoms with Crippen molar-refractivity contribution >= 4 is 34.8 Å². The largest absolute Gasteiger partial charge is 0.495 e. The third kappa shape index (κ3) is 4.54. The molecule has 0 aliphatic heterocycles. The van der Waals surface area contributed by atoms with Crippen molar-refractivity contribution < 1.29 is 9.53 Å². The Morgan fingerprint density at radius 1 is 1.07 bits per heavy atom. The lowest BCUT2D eigenvalue weighted by molar-refractivity contribution is 0.102. The van der Waals surface area contributed by atoms with Crippen LogP contribution in [0.3, 0.4) is 0 Å². The van der Waals surface area contributed by atoms with Crippen LogP contribution < -0.4 is 15.4 Å².